The molecule has 52 heavy (non-hydrogen) atoms. The summed E-state index contributed by atoms with van der Waals surface area (Å²) in [5.74, 6) is 4.72. The Morgan fingerprint density at radius 3 is 1.25 bits per heavy atom. The second kappa shape index (κ2) is 12.4. The maximum absolute atomic E-state index is 14.7. The van der Waals surface area contributed by atoms with Gasteiger partial charge in [-0.05, 0) is 104 Å². The van der Waals surface area contributed by atoms with Crippen molar-refractivity contribution < 1.29 is 18.2 Å². The third kappa shape index (κ3) is 5.99. The number of fused-ring (bicyclic) bond motifs is 7. The minimum atomic E-state index is -3.41. The van der Waals surface area contributed by atoms with Gasteiger partial charge in [0.2, 0.25) is 0 Å². The van der Waals surface area contributed by atoms with Gasteiger partial charge in [-0.3, -0.25) is 9.13 Å². The fourth-order valence-electron chi connectivity index (χ4n) is 7.12. The van der Waals surface area contributed by atoms with Crippen LogP contribution < -0.4 is 19.7 Å². The average Bonchev–Trinajstić information content (AvgIpc) is 3.12. The standard InChI is InChI=1S/C46H42O4P2/c1-45(2,3)33-21-23-41-39(29-33)37-15-9-11-17-43(37)51(47,49-41)27-25-31-19-20-32(36-14-8-7-13-35(31)36)26-28-52(48)44-18-12-10-16-38(44)40-30-34(46(4,5)6)22-24-42(40)50-52/h7-30H,1-6H3/b27-25+,28-26+. The Kier molecular flexibility index (Phi) is 8.14. The minimum Gasteiger partial charge on any atom is -0.437 e. The SMILES string of the molecule is CC(C)(C)c1ccc2c(c1)-c1ccccc1P(=O)(/C=C/c1ccc(/C=C/P3(=O)Oc4ccc(C(C)(C)C)cc4-c4ccccc43)c3ccccc13)O2. The summed E-state index contributed by atoms with van der Waals surface area (Å²) < 4.78 is 42.1. The van der Waals surface area contributed by atoms with Crippen LogP contribution in [0.2, 0.25) is 0 Å². The van der Waals surface area contributed by atoms with E-state index in [9.17, 15) is 9.13 Å². The van der Waals surface area contributed by atoms with Gasteiger partial charge in [0.1, 0.15) is 11.5 Å². The van der Waals surface area contributed by atoms with E-state index < -0.39 is 14.7 Å². The van der Waals surface area contributed by atoms with Crippen LogP contribution in [0.25, 0.3) is 45.2 Å². The van der Waals surface area contributed by atoms with Crippen LogP contribution in [0, 0.1) is 0 Å². The van der Waals surface area contributed by atoms with Gasteiger partial charge in [-0.2, -0.15) is 0 Å². The largest absolute Gasteiger partial charge is 0.437 e. The normalized spacial score (nSPS) is 19.4. The van der Waals surface area contributed by atoms with Crippen LogP contribution in [0.4, 0.5) is 0 Å². The lowest BCUT2D eigenvalue weighted by Gasteiger charge is -2.29. The first-order valence-electron chi connectivity index (χ1n) is 17.7. The summed E-state index contributed by atoms with van der Waals surface area (Å²) in [6.45, 7) is 13.1. The molecule has 8 rings (SSSR count). The first kappa shape index (κ1) is 34.2. The monoisotopic (exact) mass is 720 g/mol. The average molecular weight is 721 g/mol. The molecular weight excluding hydrogens is 678 g/mol. The van der Waals surface area contributed by atoms with Crippen LogP contribution in [0.15, 0.2) is 133 Å². The Balaban J connectivity index is 1.14. The van der Waals surface area contributed by atoms with Crippen molar-refractivity contribution in [1.29, 1.82) is 0 Å². The highest BCUT2D eigenvalue weighted by molar-refractivity contribution is 7.71. The van der Waals surface area contributed by atoms with E-state index in [-0.39, 0.29) is 10.8 Å². The van der Waals surface area contributed by atoms with Crippen molar-refractivity contribution in [2.75, 3.05) is 0 Å². The number of hydrogen-bond donors (Lipinski definition) is 0. The van der Waals surface area contributed by atoms with Gasteiger partial charge in [0.15, 0.2) is 0 Å². The summed E-state index contributed by atoms with van der Waals surface area (Å²) in [5.41, 5.74) is 7.96. The van der Waals surface area contributed by atoms with E-state index in [1.165, 1.54) is 11.1 Å². The topological polar surface area (TPSA) is 52.6 Å². The summed E-state index contributed by atoms with van der Waals surface area (Å²) in [6.07, 6.45) is 3.82. The van der Waals surface area contributed by atoms with Crippen molar-refractivity contribution in [2.45, 2.75) is 52.4 Å². The third-order valence-electron chi connectivity index (χ3n) is 10.1. The quantitative estimate of drug-likeness (QED) is 0.170. The molecule has 0 fully saturated rings. The van der Waals surface area contributed by atoms with Gasteiger partial charge in [-0.25, -0.2) is 0 Å². The van der Waals surface area contributed by atoms with E-state index in [4.69, 9.17) is 9.05 Å². The van der Waals surface area contributed by atoms with Crippen molar-refractivity contribution in [2.24, 2.45) is 0 Å². The molecule has 0 saturated carbocycles. The fourth-order valence-corrected chi connectivity index (χ4v) is 11.0. The summed E-state index contributed by atoms with van der Waals surface area (Å²) in [6, 6.07) is 40.2. The van der Waals surface area contributed by atoms with Crippen LogP contribution in [-0.4, -0.2) is 0 Å². The van der Waals surface area contributed by atoms with Gasteiger partial charge in [0.05, 0.1) is 10.6 Å². The number of hydrogen-bond acceptors (Lipinski definition) is 4. The highest BCUT2D eigenvalue weighted by atomic mass is 31.2. The summed E-state index contributed by atoms with van der Waals surface area (Å²) in [5, 5.41) is 3.36. The van der Waals surface area contributed by atoms with Crippen molar-refractivity contribution in [1.82, 2.24) is 0 Å². The van der Waals surface area contributed by atoms with Crippen LogP contribution in [-0.2, 0) is 20.0 Å². The summed E-state index contributed by atoms with van der Waals surface area (Å²) in [7, 11) is -6.81. The van der Waals surface area contributed by atoms with Crippen molar-refractivity contribution in [3.8, 4) is 33.8 Å². The van der Waals surface area contributed by atoms with E-state index in [0.29, 0.717) is 22.1 Å². The number of rotatable bonds is 4. The maximum atomic E-state index is 14.7. The first-order chi connectivity index (χ1) is 24.7. The van der Waals surface area contributed by atoms with Crippen molar-refractivity contribution in [3.05, 3.63) is 155 Å². The lowest BCUT2D eigenvalue weighted by molar-refractivity contribution is 0.499. The Hall–Kier alpha value is -4.88. The molecule has 0 radical (unpaired) electrons. The molecule has 2 aliphatic rings. The third-order valence-corrected chi connectivity index (χ3v) is 14.3. The zero-order valence-electron chi connectivity index (χ0n) is 30.4. The van der Waals surface area contributed by atoms with E-state index in [1.54, 1.807) is 11.6 Å². The van der Waals surface area contributed by atoms with Crippen LogP contribution in [0.3, 0.4) is 0 Å². The molecule has 0 amide bonds. The predicted molar refractivity (Wildman–Crippen MR) is 219 cm³/mol. The molecule has 0 aliphatic carbocycles. The molecule has 2 atom stereocenters. The highest BCUT2D eigenvalue weighted by Crippen LogP contribution is 2.58. The van der Waals surface area contributed by atoms with Crippen molar-refractivity contribution >= 4 is 48.3 Å². The molecule has 0 saturated heterocycles. The smallest absolute Gasteiger partial charge is 0.300 e. The van der Waals surface area contributed by atoms with Gasteiger partial charge >= 0.3 is 0 Å². The van der Waals surface area contributed by atoms with Crippen LogP contribution in [0.1, 0.15) is 63.8 Å². The Morgan fingerprint density at radius 1 is 0.462 bits per heavy atom. The number of benzene rings is 6. The Labute approximate surface area is 306 Å². The first-order valence-corrected chi connectivity index (χ1v) is 21.1. The van der Waals surface area contributed by atoms with Crippen LogP contribution >= 0.6 is 14.7 Å². The van der Waals surface area contributed by atoms with Gasteiger partial charge in [-0.1, -0.05) is 126 Å². The minimum absolute atomic E-state index is 0.0285. The molecule has 2 unspecified atom stereocenters. The Morgan fingerprint density at radius 2 is 0.846 bits per heavy atom. The molecule has 0 aromatic heterocycles. The molecular formula is C46H42O4P2. The van der Waals surface area contributed by atoms with Gasteiger partial charge < -0.3 is 9.05 Å². The molecule has 6 aromatic rings. The van der Waals surface area contributed by atoms with E-state index in [0.717, 1.165) is 44.2 Å². The van der Waals surface area contributed by atoms with Gasteiger partial charge in [-0.15, -0.1) is 0 Å². The Bertz CT molecular complexity index is 2390. The predicted octanol–water partition coefficient (Wildman–Crippen LogP) is 12.7. The second-order valence-electron chi connectivity index (χ2n) is 15.8. The van der Waals surface area contributed by atoms with Gasteiger partial charge in [0.25, 0.3) is 14.7 Å². The lowest BCUT2D eigenvalue weighted by Crippen LogP contribution is -2.18. The zero-order valence-corrected chi connectivity index (χ0v) is 32.2. The molecule has 2 aliphatic heterocycles. The highest BCUT2D eigenvalue weighted by Gasteiger charge is 2.36. The van der Waals surface area contributed by atoms with Crippen LogP contribution in [0.5, 0.6) is 11.5 Å². The van der Waals surface area contributed by atoms with E-state index in [2.05, 4.69) is 77.9 Å². The molecule has 0 bridgehead atoms. The second-order valence-corrected chi connectivity index (χ2v) is 20.1. The van der Waals surface area contributed by atoms with E-state index >= 15 is 0 Å². The molecule has 260 valence electrons. The maximum Gasteiger partial charge on any atom is 0.300 e. The summed E-state index contributed by atoms with van der Waals surface area (Å²) in [4.78, 5) is 0. The molecule has 0 spiro atoms. The lowest BCUT2D eigenvalue weighted by atomic mass is 9.85. The van der Waals surface area contributed by atoms with E-state index in [1.807, 2.05) is 97.1 Å². The summed E-state index contributed by atoms with van der Waals surface area (Å²) >= 11 is 0. The molecule has 4 nitrogen and oxygen atoms in total. The molecule has 6 aromatic carbocycles. The molecule has 0 N–H and O–H groups in total. The zero-order chi connectivity index (χ0) is 36.5. The van der Waals surface area contributed by atoms with Gasteiger partial charge in [0, 0.05) is 22.8 Å². The fraction of sp³-hybridized carbons (Fsp3) is 0.174. The van der Waals surface area contributed by atoms with Crippen molar-refractivity contribution in [3.63, 3.8) is 0 Å². The molecule has 6 heteroatoms. The molecule has 2 heterocycles.